The Morgan fingerprint density at radius 3 is 1.26 bits per heavy atom. The minimum absolute atomic E-state index is 0.556. The first-order valence-electron chi connectivity index (χ1n) is 20.9. The Morgan fingerprint density at radius 2 is 0.661 bits per heavy atom. The highest BCUT2D eigenvalue weighted by Gasteiger charge is 2.24. The Morgan fingerprint density at radius 1 is 0.258 bits per heavy atom. The summed E-state index contributed by atoms with van der Waals surface area (Å²) in [5.41, 5.74) is 14.2. The standard InChI is InChI=1S/C57H37N5/c1-5-15-38(16-6-1)41-25-27-44(28-26-41)56-58-55(43-21-11-4-12-22-43)59-57(60-56)62-51-24-14-13-23-47(51)48-34-35-49-50-37-45(40-19-9-3-10-20-40)31-36-52(50)61(53(49)54(48)62)46-32-29-42(30-33-46)39-17-7-2-8-18-39/h1-37H. The van der Waals surface area contributed by atoms with Crippen LogP contribution >= 0.6 is 0 Å². The van der Waals surface area contributed by atoms with E-state index in [1.165, 1.54) is 27.6 Å². The van der Waals surface area contributed by atoms with Gasteiger partial charge in [-0.1, -0.05) is 194 Å². The lowest BCUT2D eigenvalue weighted by Crippen LogP contribution is -2.07. The number of rotatable bonds is 7. The molecule has 0 radical (unpaired) electrons. The highest BCUT2D eigenvalue weighted by Crippen LogP contribution is 2.43. The predicted octanol–water partition coefficient (Wildman–Crippen LogP) is 14.4. The van der Waals surface area contributed by atoms with Crippen LogP contribution in [0.5, 0.6) is 0 Å². The van der Waals surface area contributed by atoms with Crippen molar-refractivity contribution in [1.82, 2.24) is 24.1 Å². The summed E-state index contributed by atoms with van der Waals surface area (Å²) >= 11 is 0. The van der Waals surface area contributed by atoms with Crippen LogP contribution in [0.4, 0.5) is 0 Å². The van der Waals surface area contributed by atoms with Gasteiger partial charge in [-0.3, -0.25) is 4.57 Å². The van der Waals surface area contributed by atoms with E-state index in [4.69, 9.17) is 15.0 Å². The summed E-state index contributed by atoms with van der Waals surface area (Å²) in [6.45, 7) is 0. The summed E-state index contributed by atoms with van der Waals surface area (Å²) in [6, 6.07) is 79.3. The van der Waals surface area contributed by atoms with Crippen LogP contribution in [0.25, 0.3) is 111 Å². The first-order chi connectivity index (χ1) is 30.7. The quantitative estimate of drug-likeness (QED) is 0.162. The van der Waals surface area contributed by atoms with Crippen LogP contribution in [0.1, 0.15) is 0 Å². The summed E-state index contributed by atoms with van der Waals surface area (Å²) in [5.74, 6) is 1.78. The molecule has 0 aliphatic heterocycles. The molecular weight excluding hydrogens is 755 g/mol. The number of fused-ring (bicyclic) bond motifs is 7. The summed E-state index contributed by atoms with van der Waals surface area (Å²) in [5, 5.41) is 4.57. The average molecular weight is 792 g/mol. The molecule has 5 nitrogen and oxygen atoms in total. The molecule has 290 valence electrons. The number of benzene rings is 9. The Hall–Kier alpha value is -8.41. The highest BCUT2D eigenvalue weighted by molar-refractivity contribution is 6.24. The smallest absolute Gasteiger partial charge is 0.238 e. The summed E-state index contributed by atoms with van der Waals surface area (Å²) in [7, 11) is 0. The molecule has 0 bridgehead atoms. The third-order valence-electron chi connectivity index (χ3n) is 12.0. The van der Waals surface area contributed by atoms with Gasteiger partial charge in [-0.25, -0.2) is 4.98 Å². The fraction of sp³-hybridized carbons (Fsp3) is 0. The Balaban J connectivity index is 1.16. The number of aromatic nitrogens is 5. The van der Waals surface area contributed by atoms with Gasteiger partial charge in [0.2, 0.25) is 5.95 Å². The van der Waals surface area contributed by atoms with Crippen molar-refractivity contribution in [1.29, 1.82) is 0 Å². The molecule has 0 aliphatic carbocycles. The van der Waals surface area contributed by atoms with Crippen molar-refractivity contribution < 1.29 is 0 Å². The first kappa shape index (κ1) is 35.5. The van der Waals surface area contributed by atoms with Crippen molar-refractivity contribution in [3.8, 4) is 67.8 Å². The molecule has 0 aliphatic rings. The number of hydrogen-bond donors (Lipinski definition) is 0. The molecule has 0 atom stereocenters. The lowest BCUT2D eigenvalue weighted by Gasteiger charge is -2.14. The van der Waals surface area contributed by atoms with E-state index in [1.54, 1.807) is 0 Å². The predicted molar refractivity (Wildman–Crippen MR) is 256 cm³/mol. The third-order valence-corrected chi connectivity index (χ3v) is 12.0. The van der Waals surface area contributed by atoms with Crippen LogP contribution in [-0.2, 0) is 0 Å². The third kappa shape index (κ3) is 5.98. The van der Waals surface area contributed by atoms with Gasteiger partial charge in [-0.05, 0) is 63.7 Å². The van der Waals surface area contributed by atoms with Crippen LogP contribution in [0.15, 0.2) is 224 Å². The normalized spacial score (nSPS) is 11.5. The molecule has 0 N–H and O–H groups in total. The Kier molecular flexibility index (Phi) is 8.42. The van der Waals surface area contributed by atoms with Crippen LogP contribution in [0.3, 0.4) is 0 Å². The minimum atomic E-state index is 0.556. The molecule has 0 spiro atoms. The number of nitrogens with zero attached hydrogens (tertiary/aromatic N) is 5. The molecule has 62 heavy (non-hydrogen) atoms. The van der Waals surface area contributed by atoms with Crippen LogP contribution in [0.2, 0.25) is 0 Å². The van der Waals surface area contributed by atoms with Crippen molar-refractivity contribution in [2.24, 2.45) is 0 Å². The molecule has 3 heterocycles. The Labute approximate surface area is 358 Å². The van der Waals surface area contributed by atoms with E-state index in [9.17, 15) is 0 Å². The van der Waals surface area contributed by atoms with Gasteiger partial charge in [0.1, 0.15) is 0 Å². The van der Waals surface area contributed by atoms with E-state index < -0.39 is 0 Å². The van der Waals surface area contributed by atoms with Crippen molar-refractivity contribution in [2.45, 2.75) is 0 Å². The Bertz CT molecular complexity index is 3580. The first-order valence-corrected chi connectivity index (χ1v) is 20.9. The fourth-order valence-electron chi connectivity index (χ4n) is 9.02. The van der Waals surface area contributed by atoms with E-state index in [1.807, 2.05) is 24.3 Å². The van der Waals surface area contributed by atoms with Crippen LogP contribution in [-0.4, -0.2) is 24.1 Å². The summed E-state index contributed by atoms with van der Waals surface area (Å²) < 4.78 is 4.68. The molecule has 12 rings (SSSR count). The fourth-order valence-corrected chi connectivity index (χ4v) is 9.02. The van der Waals surface area contributed by atoms with Gasteiger partial charge in [0.05, 0.1) is 22.1 Å². The van der Waals surface area contributed by atoms with Crippen LogP contribution < -0.4 is 0 Å². The van der Waals surface area contributed by atoms with E-state index in [0.29, 0.717) is 17.6 Å². The molecule has 0 unspecified atom stereocenters. The zero-order valence-corrected chi connectivity index (χ0v) is 33.6. The highest BCUT2D eigenvalue weighted by atomic mass is 15.2. The molecule has 9 aromatic carbocycles. The van der Waals surface area contributed by atoms with Crippen molar-refractivity contribution >= 4 is 43.6 Å². The van der Waals surface area contributed by atoms with E-state index in [-0.39, 0.29) is 0 Å². The molecule has 0 saturated heterocycles. The lowest BCUT2D eigenvalue weighted by molar-refractivity contribution is 0.953. The number of para-hydroxylation sites is 1. The van der Waals surface area contributed by atoms with E-state index in [2.05, 4.69) is 209 Å². The molecule has 5 heteroatoms. The van der Waals surface area contributed by atoms with Gasteiger partial charge < -0.3 is 4.57 Å². The minimum Gasteiger partial charge on any atom is -0.307 e. The zero-order valence-electron chi connectivity index (χ0n) is 33.6. The molecule has 0 saturated carbocycles. The van der Waals surface area contributed by atoms with Crippen molar-refractivity contribution in [3.63, 3.8) is 0 Å². The van der Waals surface area contributed by atoms with Crippen LogP contribution in [0, 0.1) is 0 Å². The summed E-state index contributed by atoms with van der Waals surface area (Å²) in [6.07, 6.45) is 0. The zero-order chi connectivity index (χ0) is 41.0. The topological polar surface area (TPSA) is 48.5 Å². The maximum absolute atomic E-state index is 5.37. The monoisotopic (exact) mass is 791 g/mol. The summed E-state index contributed by atoms with van der Waals surface area (Å²) in [4.78, 5) is 15.8. The van der Waals surface area contributed by atoms with Gasteiger partial charge in [0.15, 0.2) is 11.6 Å². The molecule has 3 aromatic heterocycles. The van der Waals surface area contributed by atoms with Gasteiger partial charge in [-0.2, -0.15) is 9.97 Å². The van der Waals surface area contributed by atoms with Gasteiger partial charge in [-0.15, -0.1) is 0 Å². The number of hydrogen-bond acceptors (Lipinski definition) is 3. The SMILES string of the molecule is c1ccc(-c2ccc(-c3nc(-c4ccccc4)nc(-n4c5ccccc5c5ccc6c7cc(-c8ccccc8)ccc7n(-c7ccc(-c8ccccc8)cc7)c6c54)n3)cc2)cc1. The molecule has 0 amide bonds. The van der Waals surface area contributed by atoms with E-state index in [0.717, 1.165) is 66.2 Å². The second-order valence-corrected chi connectivity index (χ2v) is 15.6. The van der Waals surface area contributed by atoms with Gasteiger partial charge >= 0.3 is 0 Å². The molecule has 12 aromatic rings. The van der Waals surface area contributed by atoms with Gasteiger partial charge in [0, 0.05) is 38.4 Å². The van der Waals surface area contributed by atoms with Crippen molar-refractivity contribution in [3.05, 3.63) is 224 Å². The molecule has 0 fully saturated rings. The second kappa shape index (κ2) is 14.7. The van der Waals surface area contributed by atoms with Crippen molar-refractivity contribution in [2.75, 3.05) is 0 Å². The maximum atomic E-state index is 5.37. The van der Waals surface area contributed by atoms with Gasteiger partial charge in [0.25, 0.3) is 0 Å². The van der Waals surface area contributed by atoms with E-state index >= 15 is 0 Å². The second-order valence-electron chi connectivity index (χ2n) is 15.6. The largest absolute Gasteiger partial charge is 0.307 e. The molecular formula is C57H37N5. The lowest BCUT2D eigenvalue weighted by atomic mass is 10.0. The average Bonchev–Trinajstić information content (AvgIpc) is 3.88. The maximum Gasteiger partial charge on any atom is 0.238 e.